The van der Waals surface area contributed by atoms with E-state index in [0.29, 0.717) is 45.1 Å². The van der Waals surface area contributed by atoms with Crippen LogP contribution >= 0.6 is 0 Å². The van der Waals surface area contributed by atoms with Crippen LogP contribution in [-0.4, -0.2) is 53.5 Å². The molecule has 2 atom stereocenters. The lowest BCUT2D eigenvalue weighted by molar-refractivity contribution is -0.135. The van der Waals surface area contributed by atoms with Gasteiger partial charge in [0.1, 0.15) is 18.2 Å². The fourth-order valence-corrected chi connectivity index (χ4v) is 7.72. The zero-order valence-electron chi connectivity index (χ0n) is 29.1. The van der Waals surface area contributed by atoms with Crippen molar-refractivity contribution < 1.29 is 23.9 Å². The third kappa shape index (κ3) is 8.01. The molecule has 10 nitrogen and oxygen atoms in total. The molecule has 6 N–H and O–H groups in total. The van der Waals surface area contributed by atoms with Crippen molar-refractivity contribution in [2.45, 2.75) is 75.8 Å². The molecule has 1 heterocycles. The van der Waals surface area contributed by atoms with Crippen molar-refractivity contribution in [2.24, 2.45) is 11.7 Å². The number of ether oxygens (including phenoxy) is 1. The first-order valence-corrected chi connectivity index (χ1v) is 17.8. The molecule has 2 aliphatic carbocycles. The van der Waals surface area contributed by atoms with Crippen molar-refractivity contribution in [1.82, 2.24) is 20.9 Å². The zero-order valence-corrected chi connectivity index (χ0v) is 29.1. The normalized spacial score (nSPS) is 15.9. The van der Waals surface area contributed by atoms with Gasteiger partial charge >= 0.3 is 6.09 Å². The first kappa shape index (κ1) is 35.4. The molecule has 1 aromatic heterocycles. The molecule has 4 amide bonds. The van der Waals surface area contributed by atoms with E-state index in [2.05, 4.69) is 64.8 Å². The Balaban J connectivity index is 1.11. The molecule has 0 spiro atoms. The quantitative estimate of drug-likeness (QED) is 0.104. The highest BCUT2D eigenvalue weighted by Gasteiger charge is 2.43. The van der Waals surface area contributed by atoms with Gasteiger partial charge in [0.05, 0.1) is 6.42 Å². The zero-order chi connectivity index (χ0) is 36.0. The molecule has 0 saturated heterocycles. The molecule has 1 fully saturated rings. The number of primary amides is 1. The van der Waals surface area contributed by atoms with E-state index >= 15 is 0 Å². The first-order chi connectivity index (χ1) is 24.7. The summed E-state index contributed by atoms with van der Waals surface area (Å²) in [6, 6.07) is 21.2. The summed E-state index contributed by atoms with van der Waals surface area (Å²) in [7, 11) is 0. The van der Waals surface area contributed by atoms with Gasteiger partial charge in [-0.15, -0.1) is 6.58 Å². The number of nitrogens with one attached hydrogen (secondary N) is 4. The van der Waals surface area contributed by atoms with Crippen LogP contribution in [-0.2, 0) is 25.5 Å². The van der Waals surface area contributed by atoms with Gasteiger partial charge in [-0.25, -0.2) is 4.79 Å². The van der Waals surface area contributed by atoms with Gasteiger partial charge in [-0.05, 0) is 78.5 Å². The van der Waals surface area contributed by atoms with Gasteiger partial charge in [-0.3, -0.25) is 14.4 Å². The Kier molecular flexibility index (Phi) is 10.9. The number of aryl methyl sites for hydroxylation is 1. The molecule has 0 radical (unpaired) electrons. The summed E-state index contributed by atoms with van der Waals surface area (Å²) in [6.07, 6.45) is 7.14. The second-order valence-corrected chi connectivity index (χ2v) is 14.0. The fourth-order valence-electron chi connectivity index (χ4n) is 7.72. The molecule has 3 aromatic carbocycles. The van der Waals surface area contributed by atoms with Gasteiger partial charge in [-0.1, -0.05) is 85.5 Å². The van der Waals surface area contributed by atoms with Crippen LogP contribution < -0.4 is 21.7 Å². The highest BCUT2D eigenvalue weighted by atomic mass is 16.5. The average Bonchev–Trinajstić information content (AvgIpc) is 3.67. The monoisotopic (exact) mass is 689 g/mol. The molecule has 2 aliphatic rings. The Morgan fingerprint density at radius 3 is 2.35 bits per heavy atom. The predicted molar refractivity (Wildman–Crippen MR) is 198 cm³/mol. The Bertz CT molecular complexity index is 1880. The second-order valence-electron chi connectivity index (χ2n) is 14.0. The SMILES string of the molecule is C=CC[C@@H](CNC(=O)[C@H](CC(N)=O)NC(=O)C1(NC(=O)OCC2c3ccccc3-c3ccccc32)CCCCC1)Cc1c[nH]c2ccc(C)cc12. The number of benzene rings is 3. The van der Waals surface area contributed by atoms with Crippen LogP contribution in [0.15, 0.2) is 85.6 Å². The largest absolute Gasteiger partial charge is 0.449 e. The molecular weight excluding hydrogens is 642 g/mol. The number of amides is 4. The standard InChI is InChI=1S/C41H47N5O5/c1-3-11-27(21-28-24-43-35-17-16-26(2)20-33(28)35)23-44-38(48)36(22-37(42)47)45-39(49)41(18-9-4-10-19-41)46-40(50)51-25-34-31-14-7-5-12-29(31)30-13-6-8-15-32(30)34/h3,5-8,12-17,20,24,27,34,36,43H,1,4,9-11,18-19,21-23,25H2,2H3,(H2,42,47)(H,44,48)(H,45,49)(H,46,50)/t27-,36+/m1/s1. The number of allylic oxidation sites excluding steroid dienone is 1. The number of aromatic amines is 1. The maximum absolute atomic E-state index is 14.0. The van der Waals surface area contributed by atoms with Crippen molar-refractivity contribution in [3.8, 4) is 11.1 Å². The van der Waals surface area contributed by atoms with Crippen LogP contribution in [0.1, 0.15) is 73.1 Å². The van der Waals surface area contributed by atoms with Crippen LogP contribution in [0.5, 0.6) is 0 Å². The highest BCUT2D eigenvalue weighted by molar-refractivity contribution is 5.96. The number of carbonyl (C=O) groups excluding carboxylic acids is 4. The molecule has 1 saturated carbocycles. The van der Waals surface area contributed by atoms with Crippen molar-refractivity contribution in [1.29, 1.82) is 0 Å². The summed E-state index contributed by atoms with van der Waals surface area (Å²) < 4.78 is 5.80. The van der Waals surface area contributed by atoms with E-state index < -0.39 is 35.4 Å². The number of aromatic nitrogens is 1. The Morgan fingerprint density at radius 1 is 1.00 bits per heavy atom. The van der Waals surface area contributed by atoms with E-state index in [1.54, 1.807) is 0 Å². The highest BCUT2D eigenvalue weighted by Crippen LogP contribution is 2.44. The number of carbonyl (C=O) groups is 4. The lowest BCUT2D eigenvalue weighted by atomic mass is 9.80. The number of H-pyrrole nitrogens is 1. The summed E-state index contributed by atoms with van der Waals surface area (Å²) in [5, 5.41) is 9.73. The summed E-state index contributed by atoms with van der Waals surface area (Å²) in [5.74, 6) is -1.88. The maximum Gasteiger partial charge on any atom is 0.408 e. The van der Waals surface area contributed by atoms with E-state index in [9.17, 15) is 19.2 Å². The lowest BCUT2D eigenvalue weighted by Gasteiger charge is -2.37. The van der Waals surface area contributed by atoms with Crippen molar-refractivity contribution in [2.75, 3.05) is 13.2 Å². The first-order valence-electron chi connectivity index (χ1n) is 17.8. The Labute approximate surface area is 298 Å². The minimum Gasteiger partial charge on any atom is -0.449 e. The van der Waals surface area contributed by atoms with E-state index in [1.165, 1.54) is 0 Å². The van der Waals surface area contributed by atoms with Crippen molar-refractivity contribution >= 4 is 34.7 Å². The summed E-state index contributed by atoms with van der Waals surface area (Å²) in [4.78, 5) is 56.4. The van der Waals surface area contributed by atoms with Crippen LogP contribution in [0.4, 0.5) is 4.79 Å². The lowest BCUT2D eigenvalue weighted by Crippen LogP contribution is -2.63. The predicted octanol–water partition coefficient (Wildman–Crippen LogP) is 5.93. The molecule has 10 heteroatoms. The van der Waals surface area contributed by atoms with Crippen LogP contribution in [0.3, 0.4) is 0 Å². The Morgan fingerprint density at radius 2 is 1.69 bits per heavy atom. The summed E-state index contributed by atoms with van der Waals surface area (Å²) in [5.41, 5.74) is 12.0. The number of nitrogens with two attached hydrogens (primary N) is 1. The topological polar surface area (TPSA) is 155 Å². The van der Waals surface area contributed by atoms with Gasteiger partial charge in [0.25, 0.3) is 0 Å². The number of hydrogen-bond donors (Lipinski definition) is 5. The number of fused-ring (bicyclic) bond motifs is 4. The van der Waals surface area contributed by atoms with Crippen LogP contribution in [0, 0.1) is 12.8 Å². The van der Waals surface area contributed by atoms with Gasteiger partial charge in [0, 0.05) is 29.6 Å². The molecule has 0 unspecified atom stereocenters. The molecule has 6 rings (SSSR count). The van der Waals surface area contributed by atoms with Crippen molar-refractivity contribution in [3.63, 3.8) is 0 Å². The smallest absolute Gasteiger partial charge is 0.408 e. The Hall–Kier alpha value is -5.38. The number of hydrogen-bond acceptors (Lipinski definition) is 5. The van der Waals surface area contributed by atoms with Gasteiger partial charge in [-0.2, -0.15) is 0 Å². The number of alkyl carbamates (subject to hydrolysis) is 1. The molecule has 266 valence electrons. The van der Waals surface area contributed by atoms with Gasteiger partial charge < -0.3 is 31.4 Å². The van der Waals surface area contributed by atoms with Crippen molar-refractivity contribution in [3.05, 3.63) is 108 Å². The van der Waals surface area contributed by atoms with Gasteiger partial charge in [0.2, 0.25) is 17.7 Å². The van der Waals surface area contributed by atoms with E-state index in [-0.39, 0.29) is 24.9 Å². The van der Waals surface area contributed by atoms with E-state index in [1.807, 2.05) is 48.7 Å². The average molecular weight is 690 g/mol. The molecule has 4 aromatic rings. The van der Waals surface area contributed by atoms with Crippen LogP contribution in [0.25, 0.3) is 22.0 Å². The van der Waals surface area contributed by atoms with E-state index in [4.69, 9.17) is 10.5 Å². The molecule has 0 aliphatic heterocycles. The third-order valence-corrected chi connectivity index (χ3v) is 10.4. The minimum atomic E-state index is -1.30. The number of rotatable bonds is 14. The van der Waals surface area contributed by atoms with Gasteiger partial charge in [0.15, 0.2) is 0 Å². The third-order valence-electron chi connectivity index (χ3n) is 10.4. The second kappa shape index (κ2) is 15.7. The summed E-state index contributed by atoms with van der Waals surface area (Å²) in [6.45, 7) is 6.36. The van der Waals surface area contributed by atoms with E-state index in [0.717, 1.165) is 50.7 Å². The maximum atomic E-state index is 14.0. The van der Waals surface area contributed by atoms with Crippen LogP contribution in [0.2, 0.25) is 0 Å². The minimum absolute atomic E-state index is 0.0239. The molecule has 0 bridgehead atoms. The molecule has 51 heavy (non-hydrogen) atoms. The summed E-state index contributed by atoms with van der Waals surface area (Å²) >= 11 is 0. The molecular formula is C41H47N5O5. The fraction of sp³-hybridized carbons (Fsp3) is 0.366.